The standard InChI is InChI=1S/C23H28N12O3/c1-14-29-13-34(31-14)21-19-18(16(38-2)12-28-21)15(11-27-19)20(36)22(37)32-7-9-33(10-8-32)23(30-24)35(25)17-5-3-4-6-26-17/h3-6,11-13,18-19,27H,7-10,24-25H2,1-2H3/b30-23-. The maximum absolute atomic E-state index is 13.4. The van der Waals surface area contributed by atoms with Gasteiger partial charge in [-0.25, -0.2) is 30.5 Å². The molecule has 5 N–H and O–H groups in total. The number of hydrogen-bond donors (Lipinski definition) is 3. The van der Waals surface area contributed by atoms with Gasteiger partial charge in [0.1, 0.15) is 29.8 Å². The van der Waals surface area contributed by atoms with Gasteiger partial charge in [-0.2, -0.15) is 5.10 Å². The number of hydrazine groups is 1. The van der Waals surface area contributed by atoms with Crippen LogP contribution in [0.5, 0.6) is 0 Å². The number of hydrogen-bond acceptors (Lipinski definition) is 11. The van der Waals surface area contributed by atoms with Crippen molar-refractivity contribution in [2.45, 2.75) is 13.0 Å². The molecule has 3 aliphatic heterocycles. The Labute approximate surface area is 218 Å². The Bertz CT molecular complexity index is 1340. The average molecular weight is 521 g/mol. The molecule has 0 spiro atoms. The van der Waals surface area contributed by atoms with Crippen LogP contribution in [0.3, 0.4) is 0 Å². The molecule has 1 amide bonds. The van der Waals surface area contributed by atoms with Crippen molar-refractivity contribution in [2.75, 3.05) is 38.3 Å². The topological polar surface area (TPSA) is 185 Å². The van der Waals surface area contributed by atoms with Crippen LogP contribution in [0.25, 0.3) is 0 Å². The first-order valence-electron chi connectivity index (χ1n) is 11.9. The predicted octanol–water partition coefficient (Wildman–Crippen LogP) is -1.48. The minimum atomic E-state index is -0.612. The number of nitrogens with two attached hydrogens (primary N) is 2. The lowest BCUT2D eigenvalue weighted by Crippen LogP contribution is -2.57. The summed E-state index contributed by atoms with van der Waals surface area (Å²) in [5.74, 6) is 12.4. The average Bonchev–Trinajstić information content (AvgIpc) is 3.60. The first-order valence-corrected chi connectivity index (χ1v) is 11.9. The first-order chi connectivity index (χ1) is 18.4. The largest absolute Gasteiger partial charge is 0.499 e. The molecule has 1 saturated heterocycles. The van der Waals surface area contributed by atoms with Crippen LogP contribution < -0.4 is 22.0 Å². The second-order valence-corrected chi connectivity index (χ2v) is 8.78. The van der Waals surface area contributed by atoms with Crippen LogP contribution in [-0.2, 0) is 14.3 Å². The number of guanidine groups is 1. The molecule has 0 aromatic carbocycles. The number of fused-ring (bicyclic) bond motifs is 1. The summed E-state index contributed by atoms with van der Waals surface area (Å²) in [5, 5.41) is 12.6. The van der Waals surface area contributed by atoms with Gasteiger partial charge in [0.25, 0.3) is 5.91 Å². The third-order valence-electron chi connectivity index (χ3n) is 6.61. The van der Waals surface area contributed by atoms with E-state index in [0.717, 1.165) is 0 Å². The van der Waals surface area contributed by atoms with Crippen molar-refractivity contribution in [3.63, 3.8) is 0 Å². The Balaban J connectivity index is 1.26. The number of nitrogens with one attached hydrogen (secondary N) is 1. The number of carbonyl (C=O) groups excluding carboxylic acids is 2. The van der Waals surface area contributed by atoms with Crippen molar-refractivity contribution in [3.8, 4) is 0 Å². The van der Waals surface area contributed by atoms with Gasteiger partial charge in [0.15, 0.2) is 5.84 Å². The third-order valence-corrected chi connectivity index (χ3v) is 6.61. The molecule has 2 atom stereocenters. The molecule has 198 valence electrons. The number of nitrogens with zero attached hydrogens (tertiary/aromatic N) is 9. The Hall–Kier alpha value is -4.79. The van der Waals surface area contributed by atoms with Crippen molar-refractivity contribution in [3.05, 3.63) is 60.3 Å². The van der Waals surface area contributed by atoms with Crippen molar-refractivity contribution in [2.24, 2.45) is 27.7 Å². The van der Waals surface area contributed by atoms with E-state index in [-0.39, 0.29) is 13.1 Å². The SMILES string of the molecule is COC1=CN=C(n2cnc(C)n2)C2NC=C(C(=O)C(=O)N3CCN(/C(=N/N)N(N)c4ccccn4)CC3)C12. The normalized spacial score (nSPS) is 21.1. The molecule has 0 aliphatic carbocycles. The number of rotatable bonds is 4. The van der Waals surface area contributed by atoms with Crippen molar-refractivity contribution in [1.29, 1.82) is 0 Å². The second kappa shape index (κ2) is 10.3. The fraction of sp³-hybridized carbons (Fsp3) is 0.348. The number of pyridine rings is 1. The fourth-order valence-electron chi connectivity index (χ4n) is 4.69. The van der Waals surface area contributed by atoms with Gasteiger partial charge in [0, 0.05) is 44.1 Å². The molecule has 2 aromatic heterocycles. The number of anilines is 1. The molecule has 0 saturated carbocycles. The van der Waals surface area contributed by atoms with Crippen LogP contribution in [-0.4, -0.2) is 92.4 Å². The number of aryl methyl sites for hydroxylation is 1. The lowest BCUT2D eigenvalue weighted by Gasteiger charge is -2.37. The number of piperazine rings is 1. The number of amides is 1. The van der Waals surface area contributed by atoms with E-state index in [2.05, 4.69) is 30.5 Å². The van der Waals surface area contributed by atoms with Crippen LogP contribution >= 0.6 is 0 Å². The smallest absolute Gasteiger partial charge is 0.294 e. The lowest BCUT2D eigenvalue weighted by molar-refractivity contribution is -0.143. The Morgan fingerprint density at radius 1 is 1.18 bits per heavy atom. The zero-order valence-corrected chi connectivity index (χ0v) is 20.9. The van der Waals surface area contributed by atoms with E-state index in [1.165, 1.54) is 17.0 Å². The fourth-order valence-corrected chi connectivity index (χ4v) is 4.69. The van der Waals surface area contributed by atoms with E-state index in [9.17, 15) is 9.59 Å². The summed E-state index contributed by atoms with van der Waals surface area (Å²) in [6.07, 6.45) is 6.26. The predicted molar refractivity (Wildman–Crippen MR) is 137 cm³/mol. The third kappa shape index (κ3) is 4.43. The quantitative estimate of drug-likeness (QED) is 0.140. The van der Waals surface area contributed by atoms with Crippen LogP contribution in [0.2, 0.25) is 0 Å². The van der Waals surface area contributed by atoms with Gasteiger partial charge in [-0.3, -0.25) is 9.59 Å². The Morgan fingerprint density at radius 2 is 1.95 bits per heavy atom. The Kier molecular flexibility index (Phi) is 6.74. The second-order valence-electron chi connectivity index (χ2n) is 8.78. The van der Waals surface area contributed by atoms with Crippen LogP contribution in [0.4, 0.5) is 5.82 Å². The van der Waals surface area contributed by atoms with Gasteiger partial charge in [-0.15, -0.1) is 5.10 Å². The monoisotopic (exact) mass is 520 g/mol. The van der Waals surface area contributed by atoms with E-state index in [1.807, 2.05) is 4.90 Å². The highest BCUT2D eigenvalue weighted by Crippen LogP contribution is 2.34. The van der Waals surface area contributed by atoms with Gasteiger partial charge >= 0.3 is 0 Å². The van der Waals surface area contributed by atoms with Gasteiger partial charge in [-0.05, 0) is 19.1 Å². The number of aliphatic imine (C=N–C) groups is 1. The summed E-state index contributed by atoms with van der Waals surface area (Å²) in [6.45, 7) is 3.10. The van der Waals surface area contributed by atoms with Crippen molar-refractivity contribution >= 4 is 29.3 Å². The highest BCUT2D eigenvalue weighted by atomic mass is 16.5. The molecular formula is C23H28N12O3. The summed E-state index contributed by atoms with van der Waals surface area (Å²) >= 11 is 0. The van der Waals surface area contributed by atoms with Crippen molar-refractivity contribution in [1.82, 2.24) is 34.9 Å². The van der Waals surface area contributed by atoms with Crippen LogP contribution in [0.1, 0.15) is 5.82 Å². The molecule has 5 heterocycles. The summed E-state index contributed by atoms with van der Waals surface area (Å²) in [4.78, 5) is 42.9. The molecule has 15 nitrogen and oxygen atoms in total. The summed E-state index contributed by atoms with van der Waals surface area (Å²) < 4.78 is 7.06. The van der Waals surface area contributed by atoms with Gasteiger partial charge in [-0.1, -0.05) is 6.07 Å². The number of hydrazone groups is 1. The minimum absolute atomic E-state index is 0.284. The van der Waals surface area contributed by atoms with Gasteiger partial charge in [0.05, 0.1) is 19.2 Å². The molecule has 0 bridgehead atoms. The molecule has 5 rings (SSSR count). The zero-order chi connectivity index (χ0) is 26.8. The van der Waals surface area contributed by atoms with Crippen LogP contribution in [0, 0.1) is 12.8 Å². The Morgan fingerprint density at radius 3 is 2.58 bits per heavy atom. The van der Waals surface area contributed by atoms with Crippen molar-refractivity contribution < 1.29 is 14.3 Å². The molecule has 15 heteroatoms. The van der Waals surface area contributed by atoms with Crippen LogP contribution in [0.15, 0.2) is 64.5 Å². The number of Topliss-reactive ketones (excluding diaryl/α,β-unsaturated/α-hetero) is 1. The number of aromatic nitrogens is 4. The molecular weight excluding hydrogens is 492 g/mol. The maximum Gasteiger partial charge on any atom is 0.294 e. The minimum Gasteiger partial charge on any atom is -0.499 e. The van der Waals surface area contributed by atoms with Gasteiger partial charge in [0.2, 0.25) is 11.7 Å². The zero-order valence-electron chi connectivity index (χ0n) is 20.9. The molecule has 1 fully saturated rings. The van der Waals surface area contributed by atoms with E-state index in [1.54, 1.807) is 54.7 Å². The first kappa shape index (κ1) is 24.9. The highest BCUT2D eigenvalue weighted by Gasteiger charge is 2.45. The highest BCUT2D eigenvalue weighted by molar-refractivity contribution is 6.43. The lowest BCUT2D eigenvalue weighted by atomic mass is 9.88. The van der Waals surface area contributed by atoms with E-state index in [0.29, 0.717) is 47.9 Å². The summed E-state index contributed by atoms with van der Waals surface area (Å²) in [7, 11) is 1.51. The number of ketones is 1. The molecule has 2 aromatic rings. The molecule has 2 unspecified atom stereocenters. The van der Waals surface area contributed by atoms with Gasteiger partial charge < -0.3 is 25.7 Å². The number of carbonyl (C=O) groups is 2. The number of methoxy groups -OCH3 is 1. The summed E-state index contributed by atoms with van der Waals surface area (Å²) in [5.41, 5.74) is 0.298. The van der Waals surface area contributed by atoms with E-state index in [4.69, 9.17) is 16.4 Å². The van der Waals surface area contributed by atoms with E-state index < -0.39 is 23.7 Å². The number of ether oxygens (including phenoxy) is 1. The molecule has 3 aliphatic rings. The van der Waals surface area contributed by atoms with E-state index >= 15 is 0 Å². The maximum atomic E-state index is 13.4. The molecule has 0 radical (unpaired) electrons. The molecule has 38 heavy (non-hydrogen) atoms. The summed E-state index contributed by atoms with van der Waals surface area (Å²) in [6, 6.07) is 4.87.